The van der Waals surface area contributed by atoms with Crippen molar-refractivity contribution in [1.82, 2.24) is 10.2 Å². The molecule has 1 saturated carbocycles. The van der Waals surface area contributed by atoms with Gasteiger partial charge in [-0.1, -0.05) is 18.2 Å². The highest BCUT2D eigenvalue weighted by atomic mass is 15.1. The molecular formula is C13H13N2. The standard InChI is InChI=1S/C13H13N2/c1-9-4-2-3-5-11(9)13-8-12(14-15-13)10-6-7-10/h2-3,5,8,10H,6-7H2,1H3,(H,14,15). The van der Waals surface area contributed by atoms with E-state index in [0.29, 0.717) is 5.92 Å². The largest absolute Gasteiger partial charge is 0.278 e. The molecule has 2 aromatic rings. The van der Waals surface area contributed by atoms with Crippen LogP contribution in [0.2, 0.25) is 0 Å². The molecule has 1 heterocycles. The maximum Gasteiger partial charge on any atom is 0.0659 e. The lowest BCUT2D eigenvalue weighted by atomic mass is 10.1. The van der Waals surface area contributed by atoms with Crippen molar-refractivity contribution in [2.24, 2.45) is 0 Å². The van der Waals surface area contributed by atoms with Gasteiger partial charge < -0.3 is 0 Å². The average molecular weight is 197 g/mol. The number of nitrogens with one attached hydrogen (secondary N) is 1. The van der Waals surface area contributed by atoms with Gasteiger partial charge in [0.25, 0.3) is 0 Å². The van der Waals surface area contributed by atoms with Gasteiger partial charge in [0.2, 0.25) is 0 Å². The number of benzene rings is 1. The monoisotopic (exact) mass is 197 g/mol. The van der Waals surface area contributed by atoms with E-state index in [1.807, 2.05) is 12.1 Å². The van der Waals surface area contributed by atoms with Gasteiger partial charge in [0, 0.05) is 11.5 Å². The Bertz CT molecular complexity index is 481. The topological polar surface area (TPSA) is 28.7 Å². The van der Waals surface area contributed by atoms with Crippen molar-refractivity contribution in [2.75, 3.05) is 0 Å². The first kappa shape index (κ1) is 8.72. The molecule has 15 heavy (non-hydrogen) atoms. The predicted molar refractivity (Wildman–Crippen MR) is 59.6 cm³/mol. The van der Waals surface area contributed by atoms with Gasteiger partial charge in [0.15, 0.2) is 0 Å². The van der Waals surface area contributed by atoms with E-state index in [1.54, 1.807) is 0 Å². The molecule has 0 bridgehead atoms. The Balaban J connectivity index is 2.01. The minimum Gasteiger partial charge on any atom is -0.278 e. The zero-order valence-electron chi connectivity index (χ0n) is 8.75. The van der Waals surface area contributed by atoms with Crippen LogP contribution in [-0.4, -0.2) is 10.2 Å². The lowest BCUT2D eigenvalue weighted by Crippen LogP contribution is -1.82. The quantitative estimate of drug-likeness (QED) is 0.787. The average Bonchev–Trinajstić information content (AvgIpc) is 2.99. The van der Waals surface area contributed by atoms with Crippen LogP contribution in [0.25, 0.3) is 11.3 Å². The minimum atomic E-state index is 0.711. The van der Waals surface area contributed by atoms with E-state index >= 15 is 0 Å². The van der Waals surface area contributed by atoms with Gasteiger partial charge in [-0.15, -0.1) is 0 Å². The Morgan fingerprint density at radius 1 is 1.47 bits per heavy atom. The summed E-state index contributed by atoms with van der Waals surface area (Å²) in [4.78, 5) is 0. The van der Waals surface area contributed by atoms with E-state index in [9.17, 15) is 0 Å². The third kappa shape index (κ3) is 1.56. The van der Waals surface area contributed by atoms with E-state index in [1.165, 1.54) is 29.7 Å². The molecule has 2 nitrogen and oxygen atoms in total. The number of aryl methyl sites for hydroxylation is 1. The van der Waals surface area contributed by atoms with Gasteiger partial charge in [-0.05, 0) is 37.5 Å². The Labute approximate surface area is 89.3 Å². The van der Waals surface area contributed by atoms with Crippen molar-refractivity contribution in [2.45, 2.75) is 25.7 Å². The number of hydrogen-bond acceptors (Lipinski definition) is 1. The molecule has 0 spiro atoms. The number of hydrogen-bond donors (Lipinski definition) is 1. The zero-order chi connectivity index (χ0) is 10.3. The third-order valence-corrected chi connectivity index (χ3v) is 2.95. The summed E-state index contributed by atoms with van der Waals surface area (Å²) in [7, 11) is 0. The second kappa shape index (κ2) is 3.23. The molecule has 0 saturated heterocycles. The SMILES string of the molecule is Cc1[c]cccc1-c1cc(C2CC2)n[nH]1. The summed E-state index contributed by atoms with van der Waals surface area (Å²) in [5.74, 6) is 0.711. The van der Waals surface area contributed by atoms with Crippen LogP contribution in [0.5, 0.6) is 0 Å². The molecule has 0 amide bonds. The Morgan fingerprint density at radius 3 is 3.07 bits per heavy atom. The third-order valence-electron chi connectivity index (χ3n) is 2.95. The first-order valence-corrected chi connectivity index (χ1v) is 5.37. The van der Waals surface area contributed by atoms with Crippen LogP contribution in [0.4, 0.5) is 0 Å². The molecule has 0 atom stereocenters. The molecule has 3 rings (SSSR count). The fourth-order valence-corrected chi connectivity index (χ4v) is 1.88. The first-order chi connectivity index (χ1) is 7.34. The molecule has 1 radical (unpaired) electrons. The summed E-state index contributed by atoms with van der Waals surface area (Å²) in [5.41, 5.74) is 4.71. The van der Waals surface area contributed by atoms with Gasteiger partial charge in [-0.25, -0.2) is 0 Å². The molecule has 1 aromatic carbocycles. The molecule has 2 heteroatoms. The lowest BCUT2D eigenvalue weighted by Gasteiger charge is -2.00. The maximum absolute atomic E-state index is 4.36. The van der Waals surface area contributed by atoms with Crippen molar-refractivity contribution in [3.63, 3.8) is 0 Å². The van der Waals surface area contributed by atoms with Gasteiger partial charge >= 0.3 is 0 Å². The van der Waals surface area contributed by atoms with Crippen LogP contribution in [0.1, 0.15) is 30.0 Å². The van der Waals surface area contributed by atoms with Crippen molar-refractivity contribution in [1.29, 1.82) is 0 Å². The summed E-state index contributed by atoms with van der Waals surface area (Å²) >= 11 is 0. The summed E-state index contributed by atoms with van der Waals surface area (Å²) in [5, 5.41) is 7.47. The smallest absolute Gasteiger partial charge is 0.0659 e. The Kier molecular flexibility index (Phi) is 1.88. The van der Waals surface area contributed by atoms with Gasteiger partial charge in [-0.2, -0.15) is 5.10 Å². The second-order valence-electron chi connectivity index (χ2n) is 4.19. The zero-order valence-corrected chi connectivity index (χ0v) is 8.75. The highest BCUT2D eigenvalue weighted by Crippen LogP contribution is 2.40. The predicted octanol–water partition coefficient (Wildman–Crippen LogP) is 3.06. The van der Waals surface area contributed by atoms with Crippen LogP contribution in [0.3, 0.4) is 0 Å². The second-order valence-corrected chi connectivity index (χ2v) is 4.19. The summed E-state index contributed by atoms with van der Waals surface area (Å²) in [6, 6.07) is 11.4. The molecular weight excluding hydrogens is 184 g/mol. The van der Waals surface area contributed by atoms with Crippen LogP contribution >= 0.6 is 0 Å². The Hall–Kier alpha value is -1.57. The molecule has 0 aliphatic heterocycles. The van der Waals surface area contributed by atoms with E-state index < -0.39 is 0 Å². The van der Waals surface area contributed by atoms with Crippen LogP contribution < -0.4 is 0 Å². The van der Waals surface area contributed by atoms with Crippen LogP contribution in [-0.2, 0) is 0 Å². The maximum atomic E-state index is 4.36. The highest BCUT2D eigenvalue weighted by molar-refractivity contribution is 5.63. The molecule has 1 aromatic heterocycles. The summed E-state index contributed by atoms with van der Waals surface area (Å²) < 4.78 is 0. The fourth-order valence-electron chi connectivity index (χ4n) is 1.88. The van der Waals surface area contributed by atoms with Crippen molar-refractivity contribution in [3.05, 3.63) is 41.6 Å². The summed E-state index contributed by atoms with van der Waals surface area (Å²) in [6.45, 7) is 2.08. The minimum absolute atomic E-state index is 0.711. The van der Waals surface area contributed by atoms with Gasteiger partial charge in [0.1, 0.15) is 0 Å². The lowest BCUT2D eigenvalue weighted by molar-refractivity contribution is 0.966. The Morgan fingerprint density at radius 2 is 2.33 bits per heavy atom. The van der Waals surface area contributed by atoms with Crippen LogP contribution in [0.15, 0.2) is 24.3 Å². The highest BCUT2D eigenvalue weighted by Gasteiger charge is 2.26. The molecule has 1 aliphatic rings. The molecule has 1 fully saturated rings. The molecule has 0 unspecified atom stereocenters. The fraction of sp³-hybridized carbons (Fsp3) is 0.308. The van der Waals surface area contributed by atoms with E-state index in [4.69, 9.17) is 0 Å². The summed E-state index contributed by atoms with van der Waals surface area (Å²) in [6.07, 6.45) is 2.59. The van der Waals surface area contributed by atoms with Crippen molar-refractivity contribution in [3.8, 4) is 11.3 Å². The number of H-pyrrole nitrogens is 1. The van der Waals surface area contributed by atoms with E-state index in [0.717, 1.165) is 5.69 Å². The first-order valence-electron chi connectivity index (χ1n) is 5.37. The van der Waals surface area contributed by atoms with E-state index in [2.05, 4.69) is 35.3 Å². The normalized spacial score (nSPS) is 15.5. The van der Waals surface area contributed by atoms with E-state index in [-0.39, 0.29) is 0 Å². The van der Waals surface area contributed by atoms with Crippen molar-refractivity contribution >= 4 is 0 Å². The molecule has 1 N–H and O–H groups in total. The number of nitrogens with zero attached hydrogens (tertiary/aromatic N) is 1. The van der Waals surface area contributed by atoms with Crippen molar-refractivity contribution < 1.29 is 0 Å². The number of rotatable bonds is 2. The molecule has 75 valence electrons. The van der Waals surface area contributed by atoms with Gasteiger partial charge in [-0.3, -0.25) is 5.10 Å². The number of aromatic amines is 1. The number of aromatic nitrogens is 2. The molecule has 1 aliphatic carbocycles. The van der Waals surface area contributed by atoms with Gasteiger partial charge in [0.05, 0.1) is 11.4 Å². The van der Waals surface area contributed by atoms with Crippen LogP contribution in [0, 0.1) is 13.0 Å².